The van der Waals surface area contributed by atoms with Gasteiger partial charge in [0.15, 0.2) is 6.19 Å². The van der Waals surface area contributed by atoms with Gasteiger partial charge in [-0.15, -0.1) is 0 Å². The SMILES string of the molecule is C[C@H](N)C(=O)Nc1cccc(NC(=NC2CC3CCC2C3)NC#N)n1. The molecule has 8 heteroatoms. The molecule has 0 aromatic carbocycles. The third-order valence-corrected chi connectivity index (χ3v) is 4.83. The molecule has 2 aliphatic rings. The van der Waals surface area contributed by atoms with Crippen molar-refractivity contribution in [3.8, 4) is 6.19 Å². The Kier molecular flexibility index (Phi) is 5.14. The normalized spacial score (nSPS) is 26.0. The first-order valence-corrected chi connectivity index (χ1v) is 8.58. The number of aliphatic imine (C=N–C) groups is 1. The van der Waals surface area contributed by atoms with Crippen LogP contribution in [0.5, 0.6) is 0 Å². The van der Waals surface area contributed by atoms with E-state index in [1.54, 1.807) is 25.1 Å². The number of carbonyl (C=O) groups excluding carboxylic acids is 1. The zero-order valence-electron chi connectivity index (χ0n) is 14.2. The maximum absolute atomic E-state index is 11.7. The lowest BCUT2D eigenvalue weighted by molar-refractivity contribution is -0.117. The van der Waals surface area contributed by atoms with E-state index >= 15 is 0 Å². The number of anilines is 2. The molecule has 0 saturated heterocycles. The van der Waals surface area contributed by atoms with Crippen molar-refractivity contribution in [3.63, 3.8) is 0 Å². The van der Waals surface area contributed by atoms with Gasteiger partial charge in [0.1, 0.15) is 11.6 Å². The van der Waals surface area contributed by atoms with Crippen LogP contribution in [0.3, 0.4) is 0 Å². The second-order valence-electron chi connectivity index (χ2n) is 6.77. The molecule has 0 radical (unpaired) electrons. The average Bonchev–Trinajstić information content (AvgIpc) is 3.18. The number of pyridine rings is 1. The molecular formula is C17H23N7O. The van der Waals surface area contributed by atoms with Gasteiger partial charge in [-0.2, -0.15) is 5.26 Å². The fourth-order valence-electron chi connectivity index (χ4n) is 3.62. The zero-order chi connectivity index (χ0) is 17.8. The molecule has 2 bridgehead atoms. The highest BCUT2D eigenvalue weighted by molar-refractivity contribution is 5.95. The third kappa shape index (κ3) is 4.25. The number of hydrogen-bond acceptors (Lipinski definition) is 5. The predicted molar refractivity (Wildman–Crippen MR) is 95.6 cm³/mol. The summed E-state index contributed by atoms with van der Waals surface area (Å²) in [4.78, 5) is 20.7. The quantitative estimate of drug-likeness (QED) is 0.283. The van der Waals surface area contributed by atoms with Gasteiger partial charge < -0.3 is 16.4 Å². The number of fused-ring (bicyclic) bond motifs is 2. The van der Waals surface area contributed by atoms with Crippen LogP contribution in [-0.2, 0) is 4.79 Å². The van der Waals surface area contributed by atoms with Crippen molar-refractivity contribution < 1.29 is 4.79 Å². The van der Waals surface area contributed by atoms with Crippen LogP contribution in [0.25, 0.3) is 0 Å². The Morgan fingerprint density at radius 3 is 2.72 bits per heavy atom. The van der Waals surface area contributed by atoms with Crippen LogP contribution in [-0.4, -0.2) is 28.9 Å². The topological polar surface area (TPSA) is 128 Å². The summed E-state index contributed by atoms with van der Waals surface area (Å²) >= 11 is 0. The Morgan fingerprint density at radius 2 is 2.12 bits per heavy atom. The molecule has 8 nitrogen and oxygen atoms in total. The van der Waals surface area contributed by atoms with Crippen molar-refractivity contribution in [1.29, 1.82) is 5.26 Å². The van der Waals surface area contributed by atoms with E-state index in [-0.39, 0.29) is 11.9 Å². The van der Waals surface area contributed by atoms with Crippen LogP contribution < -0.4 is 21.7 Å². The summed E-state index contributed by atoms with van der Waals surface area (Å²) in [5.74, 6) is 2.36. The molecule has 2 fully saturated rings. The number of carbonyl (C=O) groups is 1. The van der Waals surface area contributed by atoms with Gasteiger partial charge in [-0.25, -0.2) is 9.98 Å². The fraction of sp³-hybridized carbons (Fsp3) is 0.529. The van der Waals surface area contributed by atoms with Gasteiger partial charge in [-0.05, 0) is 50.2 Å². The van der Waals surface area contributed by atoms with Crippen LogP contribution in [0.1, 0.15) is 32.6 Å². The molecule has 0 spiro atoms. The maximum atomic E-state index is 11.7. The van der Waals surface area contributed by atoms with Gasteiger partial charge in [-0.1, -0.05) is 12.5 Å². The first-order chi connectivity index (χ1) is 12.0. The molecule has 1 aromatic rings. The molecule has 2 saturated carbocycles. The van der Waals surface area contributed by atoms with Crippen molar-refractivity contribution >= 4 is 23.5 Å². The Balaban J connectivity index is 1.70. The van der Waals surface area contributed by atoms with Crippen molar-refractivity contribution in [2.45, 2.75) is 44.7 Å². The first-order valence-electron chi connectivity index (χ1n) is 8.58. The smallest absolute Gasteiger partial charge is 0.242 e. The van der Waals surface area contributed by atoms with Crippen molar-refractivity contribution in [2.75, 3.05) is 10.6 Å². The average molecular weight is 341 g/mol. The molecule has 2 aliphatic carbocycles. The van der Waals surface area contributed by atoms with Crippen molar-refractivity contribution in [3.05, 3.63) is 18.2 Å². The molecule has 1 heterocycles. The second-order valence-corrected chi connectivity index (χ2v) is 6.77. The minimum atomic E-state index is -0.617. The molecule has 1 aromatic heterocycles. The van der Waals surface area contributed by atoms with Crippen LogP contribution in [0.4, 0.5) is 11.6 Å². The minimum absolute atomic E-state index is 0.253. The number of nitrogens with two attached hydrogens (primary N) is 1. The maximum Gasteiger partial charge on any atom is 0.242 e. The summed E-state index contributed by atoms with van der Waals surface area (Å²) < 4.78 is 0. The van der Waals surface area contributed by atoms with E-state index in [2.05, 4.69) is 25.9 Å². The fourth-order valence-corrected chi connectivity index (χ4v) is 3.62. The third-order valence-electron chi connectivity index (χ3n) is 4.83. The van der Waals surface area contributed by atoms with Gasteiger partial charge >= 0.3 is 0 Å². The number of nitrogens with one attached hydrogen (secondary N) is 3. The monoisotopic (exact) mass is 341 g/mol. The number of aromatic nitrogens is 1. The number of rotatable bonds is 4. The summed E-state index contributed by atoms with van der Waals surface area (Å²) in [5.41, 5.74) is 5.54. The molecule has 25 heavy (non-hydrogen) atoms. The molecule has 3 unspecified atom stereocenters. The summed E-state index contributed by atoms with van der Waals surface area (Å²) in [6.45, 7) is 1.61. The lowest BCUT2D eigenvalue weighted by Gasteiger charge is -2.19. The molecule has 132 valence electrons. The second kappa shape index (κ2) is 7.49. The lowest BCUT2D eigenvalue weighted by Crippen LogP contribution is -2.33. The van der Waals surface area contributed by atoms with Crippen LogP contribution in [0.2, 0.25) is 0 Å². The Hall–Kier alpha value is -2.66. The van der Waals surface area contributed by atoms with Crippen LogP contribution in [0.15, 0.2) is 23.2 Å². The molecule has 0 aliphatic heterocycles. The van der Waals surface area contributed by atoms with E-state index in [1.807, 2.05) is 6.19 Å². The van der Waals surface area contributed by atoms with E-state index in [0.29, 0.717) is 23.5 Å². The standard InChI is InChI=1S/C17H23N7O/c1-10(19)16(25)23-14-3-2-4-15(22-14)24-17(20-9-18)21-13-8-11-5-6-12(13)7-11/h2-4,10-13H,5-8,19H2,1H3,(H3,20,21,22,23,24,25)/t10-,11?,12?,13?/m0/s1. The molecular weight excluding hydrogens is 318 g/mol. The van der Waals surface area contributed by atoms with Gasteiger partial charge in [-0.3, -0.25) is 10.1 Å². The number of nitrogens with zero attached hydrogens (tertiary/aromatic N) is 3. The summed E-state index contributed by atoms with van der Waals surface area (Å²) in [6.07, 6.45) is 6.75. The summed E-state index contributed by atoms with van der Waals surface area (Å²) in [7, 11) is 0. The van der Waals surface area contributed by atoms with Gasteiger partial charge in [0.25, 0.3) is 0 Å². The Bertz CT molecular complexity index is 709. The van der Waals surface area contributed by atoms with Gasteiger partial charge in [0.2, 0.25) is 11.9 Å². The van der Waals surface area contributed by atoms with E-state index in [9.17, 15) is 4.79 Å². The van der Waals surface area contributed by atoms with Crippen LogP contribution >= 0.6 is 0 Å². The molecule has 5 N–H and O–H groups in total. The largest absolute Gasteiger partial charge is 0.320 e. The van der Waals surface area contributed by atoms with Gasteiger partial charge in [0, 0.05) is 0 Å². The number of guanidine groups is 1. The van der Waals surface area contributed by atoms with Crippen molar-refractivity contribution in [2.24, 2.45) is 22.6 Å². The number of hydrogen-bond donors (Lipinski definition) is 4. The minimum Gasteiger partial charge on any atom is -0.320 e. The Labute approximate surface area is 146 Å². The molecule has 1 amide bonds. The zero-order valence-corrected chi connectivity index (χ0v) is 14.2. The highest BCUT2D eigenvalue weighted by Gasteiger charge is 2.39. The van der Waals surface area contributed by atoms with E-state index in [0.717, 1.165) is 12.3 Å². The van der Waals surface area contributed by atoms with E-state index in [4.69, 9.17) is 11.0 Å². The summed E-state index contributed by atoms with van der Waals surface area (Å²) in [6, 6.07) is 4.82. The highest BCUT2D eigenvalue weighted by Crippen LogP contribution is 2.45. The van der Waals surface area contributed by atoms with Crippen LogP contribution in [0, 0.1) is 23.3 Å². The predicted octanol–water partition coefficient (Wildman–Crippen LogP) is 1.39. The Morgan fingerprint density at radius 1 is 1.36 bits per heavy atom. The highest BCUT2D eigenvalue weighted by atomic mass is 16.2. The number of nitriles is 1. The van der Waals surface area contributed by atoms with E-state index in [1.165, 1.54) is 19.3 Å². The first kappa shape index (κ1) is 17.2. The lowest BCUT2D eigenvalue weighted by atomic mass is 9.96. The van der Waals surface area contributed by atoms with E-state index < -0.39 is 6.04 Å². The van der Waals surface area contributed by atoms with Crippen molar-refractivity contribution in [1.82, 2.24) is 10.3 Å². The van der Waals surface area contributed by atoms with Gasteiger partial charge in [0.05, 0.1) is 12.1 Å². The number of amides is 1. The molecule has 3 rings (SSSR count). The molecule has 4 atom stereocenters. The summed E-state index contributed by atoms with van der Waals surface area (Å²) in [5, 5.41) is 17.2.